The van der Waals surface area contributed by atoms with Gasteiger partial charge in [0.2, 0.25) is 0 Å². The Morgan fingerprint density at radius 2 is 1.81 bits per heavy atom. The molecule has 0 radical (unpaired) electrons. The number of hydrogen-bond acceptors (Lipinski definition) is 3. The van der Waals surface area contributed by atoms with Crippen molar-refractivity contribution >= 4 is 15.9 Å². The van der Waals surface area contributed by atoms with Crippen LogP contribution < -0.4 is 5.32 Å². The largest absolute Gasteiger partial charge is 0.308 e. The van der Waals surface area contributed by atoms with Crippen molar-refractivity contribution in [3.63, 3.8) is 0 Å². The summed E-state index contributed by atoms with van der Waals surface area (Å²) < 4.78 is 1.13. The number of nitrogens with zero attached hydrogens (tertiary/aromatic N) is 2. The lowest BCUT2D eigenvalue weighted by atomic mass is 10.2. The van der Waals surface area contributed by atoms with E-state index >= 15 is 0 Å². The van der Waals surface area contributed by atoms with Crippen LogP contribution in [0.1, 0.15) is 11.1 Å². The Bertz CT molecular complexity index is 445. The maximum atomic E-state index is 3.97. The second kappa shape index (κ2) is 5.72. The molecule has 0 amide bonds. The molecule has 0 bridgehead atoms. The fourth-order valence-corrected chi connectivity index (χ4v) is 1.83. The molecule has 1 aromatic carbocycles. The Kier molecular flexibility index (Phi) is 4.02. The molecule has 0 fully saturated rings. The first kappa shape index (κ1) is 11.2. The molecule has 82 valence electrons. The molecule has 3 nitrogen and oxygen atoms in total. The van der Waals surface area contributed by atoms with Crippen LogP contribution in [0.5, 0.6) is 0 Å². The first-order chi connectivity index (χ1) is 7.86. The monoisotopic (exact) mass is 277 g/mol. The average Bonchev–Trinajstić information content (AvgIpc) is 2.33. The molecule has 0 saturated heterocycles. The fourth-order valence-electron chi connectivity index (χ4n) is 1.40. The molecule has 0 saturated carbocycles. The minimum absolute atomic E-state index is 0.780. The number of rotatable bonds is 4. The third kappa shape index (κ3) is 3.12. The molecule has 2 rings (SSSR count). The van der Waals surface area contributed by atoms with Crippen LogP contribution in [-0.4, -0.2) is 9.97 Å². The van der Waals surface area contributed by atoms with Crippen molar-refractivity contribution in [1.29, 1.82) is 0 Å². The van der Waals surface area contributed by atoms with Gasteiger partial charge in [-0.1, -0.05) is 34.1 Å². The summed E-state index contributed by atoms with van der Waals surface area (Å²) >= 11 is 3.52. The molecule has 4 heteroatoms. The van der Waals surface area contributed by atoms with Crippen molar-refractivity contribution in [2.75, 3.05) is 0 Å². The molecule has 1 heterocycles. The first-order valence-electron chi connectivity index (χ1n) is 5.04. The molecule has 2 aromatic rings. The molecular formula is C12H12BrN3. The number of benzene rings is 1. The van der Waals surface area contributed by atoms with Crippen LogP contribution in [0.15, 0.2) is 47.5 Å². The summed E-state index contributed by atoms with van der Waals surface area (Å²) in [5, 5.41) is 3.35. The maximum absolute atomic E-state index is 3.97. The number of aromatic nitrogens is 2. The van der Waals surface area contributed by atoms with Crippen molar-refractivity contribution in [3.05, 3.63) is 58.6 Å². The van der Waals surface area contributed by atoms with E-state index < -0.39 is 0 Å². The van der Waals surface area contributed by atoms with Crippen LogP contribution in [0, 0.1) is 0 Å². The van der Waals surface area contributed by atoms with Crippen molar-refractivity contribution in [2.45, 2.75) is 13.1 Å². The van der Waals surface area contributed by atoms with Gasteiger partial charge < -0.3 is 5.32 Å². The maximum Gasteiger partial charge on any atom is 0.115 e. The van der Waals surface area contributed by atoms with E-state index in [1.165, 1.54) is 11.9 Å². The van der Waals surface area contributed by atoms with E-state index in [9.17, 15) is 0 Å². The molecule has 0 atom stereocenters. The van der Waals surface area contributed by atoms with Gasteiger partial charge in [0.05, 0.1) is 0 Å². The minimum Gasteiger partial charge on any atom is -0.308 e. The van der Waals surface area contributed by atoms with Gasteiger partial charge in [-0.25, -0.2) is 9.97 Å². The predicted octanol–water partition coefficient (Wildman–Crippen LogP) is 2.53. The van der Waals surface area contributed by atoms with Crippen LogP contribution in [-0.2, 0) is 13.1 Å². The highest BCUT2D eigenvalue weighted by Crippen LogP contribution is 2.15. The standard InChI is InChI=1S/C12H12BrN3/c13-12-4-2-1-3-11(12)8-14-5-10-6-15-9-16-7-10/h1-4,6-7,9,14H,5,8H2. The molecule has 0 unspecified atom stereocenters. The van der Waals surface area contributed by atoms with Gasteiger partial charge in [-0.05, 0) is 11.6 Å². The number of hydrogen-bond donors (Lipinski definition) is 1. The summed E-state index contributed by atoms with van der Waals surface area (Å²) in [6.07, 6.45) is 5.18. The lowest BCUT2D eigenvalue weighted by Gasteiger charge is -2.06. The summed E-state index contributed by atoms with van der Waals surface area (Å²) in [5.74, 6) is 0. The van der Waals surface area contributed by atoms with Crippen molar-refractivity contribution in [1.82, 2.24) is 15.3 Å². The lowest BCUT2D eigenvalue weighted by molar-refractivity contribution is 0.687. The second-order valence-electron chi connectivity index (χ2n) is 3.44. The van der Waals surface area contributed by atoms with Crippen LogP contribution in [0.25, 0.3) is 0 Å². The van der Waals surface area contributed by atoms with Gasteiger partial charge in [0.15, 0.2) is 0 Å². The van der Waals surface area contributed by atoms with Gasteiger partial charge in [0.25, 0.3) is 0 Å². The van der Waals surface area contributed by atoms with E-state index in [1.54, 1.807) is 0 Å². The molecule has 0 spiro atoms. The Morgan fingerprint density at radius 3 is 2.56 bits per heavy atom. The topological polar surface area (TPSA) is 37.8 Å². The smallest absolute Gasteiger partial charge is 0.115 e. The summed E-state index contributed by atoms with van der Waals surface area (Å²) in [7, 11) is 0. The highest BCUT2D eigenvalue weighted by atomic mass is 79.9. The van der Waals surface area contributed by atoms with Crippen LogP contribution in [0.3, 0.4) is 0 Å². The number of nitrogens with one attached hydrogen (secondary N) is 1. The Hall–Kier alpha value is -1.26. The van der Waals surface area contributed by atoms with Gasteiger partial charge in [-0.15, -0.1) is 0 Å². The van der Waals surface area contributed by atoms with Crippen molar-refractivity contribution in [3.8, 4) is 0 Å². The van der Waals surface area contributed by atoms with E-state index in [0.29, 0.717) is 0 Å². The quantitative estimate of drug-likeness (QED) is 0.933. The van der Waals surface area contributed by atoms with Crippen molar-refractivity contribution < 1.29 is 0 Å². The Morgan fingerprint density at radius 1 is 1.06 bits per heavy atom. The SMILES string of the molecule is Brc1ccccc1CNCc1cncnc1. The Balaban J connectivity index is 1.87. The summed E-state index contributed by atoms with van der Waals surface area (Å²) in [4.78, 5) is 7.94. The summed E-state index contributed by atoms with van der Waals surface area (Å²) in [6, 6.07) is 8.19. The summed E-state index contributed by atoms with van der Waals surface area (Å²) in [5.41, 5.74) is 2.34. The third-order valence-corrected chi connectivity index (χ3v) is 2.99. The van der Waals surface area contributed by atoms with Crippen molar-refractivity contribution in [2.24, 2.45) is 0 Å². The van der Waals surface area contributed by atoms with Gasteiger partial charge >= 0.3 is 0 Å². The normalized spacial score (nSPS) is 10.3. The van der Waals surface area contributed by atoms with E-state index in [2.05, 4.69) is 37.3 Å². The van der Waals surface area contributed by atoms with Gasteiger partial charge in [-0.2, -0.15) is 0 Å². The second-order valence-corrected chi connectivity index (χ2v) is 4.30. The highest BCUT2D eigenvalue weighted by Gasteiger charge is 1.98. The molecular weight excluding hydrogens is 266 g/mol. The molecule has 0 aliphatic heterocycles. The van der Waals surface area contributed by atoms with E-state index in [-0.39, 0.29) is 0 Å². The predicted molar refractivity (Wildman–Crippen MR) is 66.7 cm³/mol. The third-order valence-electron chi connectivity index (χ3n) is 2.22. The van der Waals surface area contributed by atoms with Crippen LogP contribution >= 0.6 is 15.9 Å². The average molecular weight is 278 g/mol. The fraction of sp³-hybridized carbons (Fsp3) is 0.167. The van der Waals surface area contributed by atoms with E-state index in [4.69, 9.17) is 0 Å². The molecule has 1 aromatic heterocycles. The molecule has 0 aliphatic rings. The van der Waals surface area contributed by atoms with Crippen LogP contribution in [0.2, 0.25) is 0 Å². The molecule has 16 heavy (non-hydrogen) atoms. The lowest BCUT2D eigenvalue weighted by Crippen LogP contribution is -2.13. The van der Waals surface area contributed by atoms with E-state index in [0.717, 1.165) is 23.1 Å². The van der Waals surface area contributed by atoms with Gasteiger partial charge in [-0.3, -0.25) is 0 Å². The van der Waals surface area contributed by atoms with Gasteiger partial charge in [0, 0.05) is 35.5 Å². The summed E-state index contributed by atoms with van der Waals surface area (Å²) in [6.45, 7) is 1.61. The molecule has 1 N–H and O–H groups in total. The zero-order valence-electron chi connectivity index (χ0n) is 8.73. The van der Waals surface area contributed by atoms with E-state index in [1.807, 2.05) is 30.6 Å². The first-order valence-corrected chi connectivity index (χ1v) is 5.83. The number of halogens is 1. The van der Waals surface area contributed by atoms with Gasteiger partial charge in [0.1, 0.15) is 6.33 Å². The Labute approximate surface area is 103 Å². The van der Waals surface area contributed by atoms with Crippen LogP contribution in [0.4, 0.5) is 0 Å². The minimum atomic E-state index is 0.780. The molecule has 0 aliphatic carbocycles. The highest BCUT2D eigenvalue weighted by molar-refractivity contribution is 9.10. The zero-order chi connectivity index (χ0) is 11.2. The zero-order valence-corrected chi connectivity index (χ0v) is 10.3.